The number of oxazole rings is 1. The molecule has 0 spiro atoms. The van der Waals surface area contributed by atoms with E-state index in [1.54, 1.807) is 6.26 Å². The molecule has 1 unspecified atom stereocenters. The smallest absolute Gasteiger partial charge is 0.297 e. The van der Waals surface area contributed by atoms with Gasteiger partial charge in [0.15, 0.2) is 0 Å². The highest BCUT2D eigenvalue weighted by Gasteiger charge is 2.24. The number of halogens is 1. The summed E-state index contributed by atoms with van der Waals surface area (Å²) < 4.78 is 5.40. The summed E-state index contributed by atoms with van der Waals surface area (Å²) in [5.74, 6) is 1.23. The molecule has 0 radical (unpaired) electrons. The molecule has 84 valence electrons. The number of rotatable bonds is 4. The molecule has 0 bridgehead atoms. The maximum atomic E-state index is 5.68. The Hall–Kier alpha value is -0.700. The minimum absolute atomic E-state index is 0.426. The van der Waals surface area contributed by atoms with Gasteiger partial charge in [0.1, 0.15) is 6.26 Å². The van der Waals surface area contributed by atoms with Crippen LogP contribution < -0.4 is 4.90 Å². The largest absolute Gasteiger partial charge is 0.432 e. The van der Waals surface area contributed by atoms with Crippen LogP contribution in [0.5, 0.6) is 0 Å². The zero-order valence-electron chi connectivity index (χ0n) is 9.08. The van der Waals surface area contributed by atoms with E-state index in [1.165, 1.54) is 19.3 Å². The molecule has 1 atom stereocenters. The van der Waals surface area contributed by atoms with Gasteiger partial charge in [-0.25, -0.2) is 0 Å². The first-order chi connectivity index (χ1) is 7.33. The Kier molecular flexibility index (Phi) is 3.52. The third kappa shape index (κ3) is 2.46. The quantitative estimate of drug-likeness (QED) is 0.742. The lowest BCUT2D eigenvalue weighted by molar-refractivity contribution is 0.515. The van der Waals surface area contributed by atoms with E-state index in [-0.39, 0.29) is 0 Å². The highest BCUT2D eigenvalue weighted by atomic mass is 35.5. The summed E-state index contributed by atoms with van der Waals surface area (Å²) in [7, 11) is 0. The second-order valence-corrected chi connectivity index (χ2v) is 4.41. The van der Waals surface area contributed by atoms with Crippen molar-refractivity contribution in [1.29, 1.82) is 0 Å². The van der Waals surface area contributed by atoms with Crippen molar-refractivity contribution in [3.8, 4) is 0 Å². The lowest BCUT2D eigenvalue weighted by Crippen LogP contribution is -2.19. The molecule has 2 rings (SSSR count). The molecular formula is C11H17ClN2O. The minimum Gasteiger partial charge on any atom is -0.432 e. The number of alkyl halides is 1. The lowest BCUT2D eigenvalue weighted by Gasteiger charge is -2.12. The molecule has 0 amide bonds. The van der Waals surface area contributed by atoms with E-state index >= 15 is 0 Å². The van der Waals surface area contributed by atoms with Gasteiger partial charge in [-0.05, 0) is 18.8 Å². The highest BCUT2D eigenvalue weighted by molar-refractivity contribution is 6.16. The van der Waals surface area contributed by atoms with Gasteiger partial charge in [0, 0.05) is 13.1 Å². The predicted molar refractivity (Wildman–Crippen MR) is 61.3 cm³/mol. The standard InChI is InChI=1S/C11H17ClN2O/c1-2-3-9-4-5-14(7-9)11-13-10(6-12)8-15-11/h8-9H,2-7H2,1H3. The van der Waals surface area contributed by atoms with Crippen LogP contribution in [-0.4, -0.2) is 18.1 Å². The van der Waals surface area contributed by atoms with Crippen molar-refractivity contribution in [3.63, 3.8) is 0 Å². The van der Waals surface area contributed by atoms with Crippen molar-refractivity contribution in [2.75, 3.05) is 18.0 Å². The summed E-state index contributed by atoms with van der Waals surface area (Å²) >= 11 is 5.68. The molecule has 15 heavy (non-hydrogen) atoms. The van der Waals surface area contributed by atoms with Gasteiger partial charge in [-0.2, -0.15) is 4.98 Å². The molecule has 3 nitrogen and oxygen atoms in total. The van der Waals surface area contributed by atoms with Gasteiger partial charge < -0.3 is 9.32 Å². The van der Waals surface area contributed by atoms with Gasteiger partial charge in [-0.3, -0.25) is 0 Å². The van der Waals surface area contributed by atoms with Gasteiger partial charge in [-0.1, -0.05) is 13.3 Å². The van der Waals surface area contributed by atoms with E-state index in [0.29, 0.717) is 5.88 Å². The molecule has 0 saturated carbocycles. The molecule has 1 saturated heterocycles. The Morgan fingerprint density at radius 2 is 2.53 bits per heavy atom. The van der Waals surface area contributed by atoms with Crippen LogP contribution in [0.15, 0.2) is 10.7 Å². The molecule has 4 heteroatoms. The van der Waals surface area contributed by atoms with Crippen LogP contribution >= 0.6 is 11.6 Å². The fourth-order valence-electron chi connectivity index (χ4n) is 2.15. The van der Waals surface area contributed by atoms with Crippen LogP contribution in [0.2, 0.25) is 0 Å². The molecule has 1 aromatic rings. The summed E-state index contributed by atoms with van der Waals surface area (Å²) in [6, 6.07) is 0.740. The summed E-state index contributed by atoms with van der Waals surface area (Å²) in [6.45, 7) is 4.38. The Morgan fingerprint density at radius 1 is 1.67 bits per heavy atom. The van der Waals surface area contributed by atoms with Crippen molar-refractivity contribution >= 4 is 17.6 Å². The van der Waals surface area contributed by atoms with Crippen LogP contribution in [0.3, 0.4) is 0 Å². The summed E-state index contributed by atoms with van der Waals surface area (Å²) in [6.07, 6.45) is 5.47. The fraction of sp³-hybridized carbons (Fsp3) is 0.727. The second kappa shape index (κ2) is 4.88. The van der Waals surface area contributed by atoms with Crippen molar-refractivity contribution in [2.45, 2.75) is 32.1 Å². The second-order valence-electron chi connectivity index (χ2n) is 4.14. The maximum absolute atomic E-state index is 5.68. The van der Waals surface area contributed by atoms with E-state index in [4.69, 9.17) is 16.0 Å². The number of aromatic nitrogens is 1. The monoisotopic (exact) mass is 228 g/mol. The molecule has 1 aromatic heterocycles. The van der Waals surface area contributed by atoms with E-state index < -0.39 is 0 Å². The summed E-state index contributed by atoms with van der Waals surface area (Å²) in [5, 5.41) is 0. The molecule has 0 aliphatic carbocycles. The van der Waals surface area contributed by atoms with Crippen molar-refractivity contribution in [2.24, 2.45) is 5.92 Å². The van der Waals surface area contributed by atoms with Gasteiger partial charge >= 0.3 is 0 Å². The molecule has 0 N–H and O–H groups in total. The first-order valence-corrected chi connectivity index (χ1v) is 6.12. The average molecular weight is 229 g/mol. The zero-order valence-corrected chi connectivity index (χ0v) is 9.83. The molecule has 0 aromatic carbocycles. The maximum Gasteiger partial charge on any atom is 0.297 e. The van der Waals surface area contributed by atoms with E-state index in [1.807, 2.05) is 0 Å². The Bertz CT molecular complexity index is 313. The lowest BCUT2D eigenvalue weighted by atomic mass is 10.0. The molecule has 1 fully saturated rings. The third-order valence-corrected chi connectivity index (χ3v) is 3.20. The van der Waals surface area contributed by atoms with Crippen LogP contribution in [0.25, 0.3) is 0 Å². The predicted octanol–water partition coefficient (Wildman–Crippen LogP) is 3.04. The first-order valence-electron chi connectivity index (χ1n) is 5.58. The van der Waals surface area contributed by atoms with E-state index in [2.05, 4.69) is 16.8 Å². The number of anilines is 1. The first kappa shape index (κ1) is 10.8. The molecule has 2 heterocycles. The van der Waals surface area contributed by atoms with E-state index in [9.17, 15) is 0 Å². The zero-order chi connectivity index (χ0) is 10.7. The van der Waals surface area contributed by atoms with E-state index in [0.717, 1.165) is 30.7 Å². The van der Waals surface area contributed by atoms with Crippen molar-refractivity contribution in [1.82, 2.24) is 4.98 Å². The van der Waals surface area contributed by atoms with Gasteiger partial charge in [0.2, 0.25) is 0 Å². The summed E-state index contributed by atoms with van der Waals surface area (Å²) in [5.41, 5.74) is 0.825. The molecular weight excluding hydrogens is 212 g/mol. The van der Waals surface area contributed by atoms with Crippen LogP contribution in [0, 0.1) is 5.92 Å². The number of nitrogens with zero attached hydrogens (tertiary/aromatic N) is 2. The van der Waals surface area contributed by atoms with Gasteiger partial charge in [0.25, 0.3) is 6.01 Å². The van der Waals surface area contributed by atoms with Crippen LogP contribution in [-0.2, 0) is 5.88 Å². The Morgan fingerprint density at radius 3 is 3.20 bits per heavy atom. The van der Waals surface area contributed by atoms with Gasteiger partial charge in [-0.15, -0.1) is 11.6 Å². The highest BCUT2D eigenvalue weighted by Crippen LogP contribution is 2.26. The number of hydrogen-bond donors (Lipinski definition) is 0. The van der Waals surface area contributed by atoms with Crippen molar-refractivity contribution in [3.05, 3.63) is 12.0 Å². The number of hydrogen-bond acceptors (Lipinski definition) is 3. The van der Waals surface area contributed by atoms with Crippen LogP contribution in [0.1, 0.15) is 31.9 Å². The van der Waals surface area contributed by atoms with Crippen molar-refractivity contribution < 1.29 is 4.42 Å². The minimum atomic E-state index is 0.426. The van der Waals surface area contributed by atoms with Crippen LogP contribution in [0.4, 0.5) is 6.01 Å². The third-order valence-electron chi connectivity index (χ3n) is 2.93. The van der Waals surface area contributed by atoms with Gasteiger partial charge in [0.05, 0.1) is 11.6 Å². The topological polar surface area (TPSA) is 29.3 Å². The summed E-state index contributed by atoms with van der Waals surface area (Å²) in [4.78, 5) is 6.55. The average Bonchev–Trinajstić information content (AvgIpc) is 2.85. The normalized spacial score (nSPS) is 21.2. The SMILES string of the molecule is CCCC1CCN(c2nc(CCl)co2)C1. The Balaban J connectivity index is 1.95. The molecule has 1 aliphatic heterocycles. The fourth-order valence-corrected chi connectivity index (χ4v) is 2.28. The Labute approximate surface area is 95.4 Å². The molecule has 1 aliphatic rings.